The largest absolute Gasteiger partial charge is 0.316 e. The second-order valence-electron chi connectivity index (χ2n) is 5.74. The van der Waals surface area contributed by atoms with Crippen LogP contribution in [-0.2, 0) is 12.8 Å². The van der Waals surface area contributed by atoms with Crippen molar-refractivity contribution in [1.82, 2.24) is 5.32 Å². The topological polar surface area (TPSA) is 12.0 Å². The average Bonchev–Trinajstić information content (AvgIpc) is 2.44. The van der Waals surface area contributed by atoms with Gasteiger partial charge in [-0.25, -0.2) is 0 Å². The molecular formula is C19H25N. The molecule has 2 rings (SSSR count). The van der Waals surface area contributed by atoms with E-state index in [1.807, 2.05) is 0 Å². The van der Waals surface area contributed by atoms with Crippen LogP contribution in [0.2, 0.25) is 0 Å². The van der Waals surface area contributed by atoms with E-state index >= 15 is 0 Å². The Morgan fingerprint density at radius 2 is 1.60 bits per heavy atom. The summed E-state index contributed by atoms with van der Waals surface area (Å²) in [6.45, 7) is 6.55. The number of nitrogens with one attached hydrogen (secondary N) is 1. The van der Waals surface area contributed by atoms with Crippen LogP contribution < -0.4 is 5.32 Å². The molecule has 0 saturated heterocycles. The smallest absolute Gasteiger partial charge is 0.0145 e. The van der Waals surface area contributed by atoms with Gasteiger partial charge in [0.25, 0.3) is 0 Å². The van der Waals surface area contributed by atoms with Crippen LogP contribution in [0.4, 0.5) is 0 Å². The number of benzene rings is 2. The van der Waals surface area contributed by atoms with Crippen LogP contribution in [-0.4, -0.2) is 13.1 Å². The van der Waals surface area contributed by atoms with Crippen molar-refractivity contribution < 1.29 is 0 Å². The van der Waals surface area contributed by atoms with E-state index in [9.17, 15) is 0 Å². The van der Waals surface area contributed by atoms with Gasteiger partial charge in [-0.1, -0.05) is 42.5 Å². The quantitative estimate of drug-likeness (QED) is 0.864. The van der Waals surface area contributed by atoms with Crippen molar-refractivity contribution in [3.63, 3.8) is 0 Å². The van der Waals surface area contributed by atoms with Crippen LogP contribution in [0.3, 0.4) is 0 Å². The zero-order valence-corrected chi connectivity index (χ0v) is 13.0. The Balaban J connectivity index is 2.09. The third kappa shape index (κ3) is 3.71. The molecule has 0 aliphatic carbocycles. The first-order chi connectivity index (χ1) is 9.60. The van der Waals surface area contributed by atoms with Gasteiger partial charge in [0.05, 0.1) is 0 Å². The van der Waals surface area contributed by atoms with Crippen molar-refractivity contribution in [3.05, 3.63) is 70.3 Å². The van der Waals surface area contributed by atoms with Crippen molar-refractivity contribution in [2.24, 2.45) is 0 Å². The van der Waals surface area contributed by atoms with Crippen LogP contribution in [0.25, 0.3) is 0 Å². The molecule has 106 valence electrons. The molecule has 1 unspecified atom stereocenters. The van der Waals surface area contributed by atoms with Crippen molar-refractivity contribution in [2.75, 3.05) is 7.05 Å². The second kappa shape index (κ2) is 6.71. The maximum atomic E-state index is 3.46. The predicted molar refractivity (Wildman–Crippen MR) is 87.4 cm³/mol. The Kier molecular flexibility index (Phi) is 4.97. The first-order valence-corrected chi connectivity index (χ1v) is 7.38. The highest BCUT2D eigenvalue weighted by molar-refractivity contribution is 5.31. The first-order valence-electron chi connectivity index (χ1n) is 7.38. The fraction of sp³-hybridized carbons (Fsp3) is 0.368. The minimum Gasteiger partial charge on any atom is -0.316 e. The van der Waals surface area contributed by atoms with Gasteiger partial charge in [0.15, 0.2) is 0 Å². The lowest BCUT2D eigenvalue weighted by atomic mass is 9.95. The molecule has 0 aromatic heterocycles. The summed E-state index contributed by atoms with van der Waals surface area (Å²) in [5.74, 6) is 0. The summed E-state index contributed by atoms with van der Waals surface area (Å²) >= 11 is 0. The predicted octanol–water partition coefficient (Wildman–Crippen LogP) is 3.99. The summed E-state index contributed by atoms with van der Waals surface area (Å²) in [6, 6.07) is 15.9. The minimum absolute atomic E-state index is 0.484. The third-order valence-electron chi connectivity index (χ3n) is 4.19. The monoisotopic (exact) mass is 267 g/mol. The maximum Gasteiger partial charge on any atom is 0.0145 e. The Bertz CT molecular complexity index is 572. The minimum atomic E-state index is 0.484. The molecule has 0 fully saturated rings. The lowest BCUT2D eigenvalue weighted by molar-refractivity contribution is 0.555. The lowest BCUT2D eigenvalue weighted by Crippen LogP contribution is -2.30. The van der Waals surface area contributed by atoms with Crippen LogP contribution in [0.5, 0.6) is 0 Å². The Labute approximate surface area is 123 Å². The Hall–Kier alpha value is -1.60. The second-order valence-corrected chi connectivity index (χ2v) is 5.74. The summed E-state index contributed by atoms with van der Waals surface area (Å²) in [4.78, 5) is 0. The molecule has 0 aliphatic heterocycles. The van der Waals surface area contributed by atoms with Gasteiger partial charge < -0.3 is 5.32 Å². The molecule has 0 amide bonds. The van der Waals surface area contributed by atoms with E-state index in [2.05, 4.69) is 75.6 Å². The molecule has 2 aromatic rings. The van der Waals surface area contributed by atoms with E-state index < -0.39 is 0 Å². The summed E-state index contributed by atoms with van der Waals surface area (Å²) in [7, 11) is 2.06. The highest BCUT2D eigenvalue weighted by atomic mass is 14.9. The van der Waals surface area contributed by atoms with E-state index in [0.29, 0.717) is 6.04 Å². The molecule has 0 bridgehead atoms. The van der Waals surface area contributed by atoms with Crippen LogP contribution >= 0.6 is 0 Å². The van der Waals surface area contributed by atoms with E-state index in [4.69, 9.17) is 0 Å². The van der Waals surface area contributed by atoms with E-state index in [0.717, 1.165) is 12.8 Å². The van der Waals surface area contributed by atoms with Crippen LogP contribution in [0, 0.1) is 20.8 Å². The standard InChI is InChI=1S/C19H25N/c1-14-9-10-17(11-16(14)3)12-19(20-4)13-18-8-6-5-7-15(18)2/h5-11,19-20H,12-13H2,1-4H3. The number of likely N-dealkylation sites (N-methyl/N-ethyl adjacent to an activating group) is 1. The molecule has 1 atom stereocenters. The molecule has 0 saturated carbocycles. The molecule has 1 N–H and O–H groups in total. The molecule has 20 heavy (non-hydrogen) atoms. The van der Waals surface area contributed by atoms with E-state index in [1.165, 1.54) is 27.8 Å². The Morgan fingerprint density at radius 1 is 0.850 bits per heavy atom. The Morgan fingerprint density at radius 3 is 2.25 bits per heavy atom. The number of hydrogen-bond acceptors (Lipinski definition) is 1. The number of aryl methyl sites for hydroxylation is 3. The van der Waals surface area contributed by atoms with Gasteiger partial charge in [-0.15, -0.1) is 0 Å². The van der Waals surface area contributed by atoms with Crippen molar-refractivity contribution >= 4 is 0 Å². The molecule has 0 aliphatic rings. The molecule has 1 heteroatoms. The van der Waals surface area contributed by atoms with Crippen molar-refractivity contribution in [1.29, 1.82) is 0 Å². The van der Waals surface area contributed by atoms with Gasteiger partial charge in [-0.3, -0.25) is 0 Å². The fourth-order valence-corrected chi connectivity index (χ4v) is 2.60. The van der Waals surface area contributed by atoms with Gasteiger partial charge in [0.2, 0.25) is 0 Å². The number of rotatable bonds is 5. The van der Waals surface area contributed by atoms with Crippen molar-refractivity contribution in [2.45, 2.75) is 39.7 Å². The van der Waals surface area contributed by atoms with Gasteiger partial charge in [-0.2, -0.15) is 0 Å². The zero-order valence-electron chi connectivity index (χ0n) is 13.0. The molecule has 0 spiro atoms. The van der Waals surface area contributed by atoms with Gasteiger partial charge in [0, 0.05) is 6.04 Å². The first kappa shape index (κ1) is 14.8. The highest BCUT2D eigenvalue weighted by Gasteiger charge is 2.10. The van der Waals surface area contributed by atoms with Gasteiger partial charge >= 0.3 is 0 Å². The van der Waals surface area contributed by atoms with E-state index in [1.54, 1.807) is 0 Å². The summed E-state index contributed by atoms with van der Waals surface area (Å²) < 4.78 is 0. The average molecular weight is 267 g/mol. The van der Waals surface area contributed by atoms with Gasteiger partial charge in [0.1, 0.15) is 0 Å². The van der Waals surface area contributed by atoms with E-state index in [-0.39, 0.29) is 0 Å². The normalized spacial score (nSPS) is 12.4. The summed E-state index contributed by atoms with van der Waals surface area (Å²) in [5, 5.41) is 3.46. The number of hydrogen-bond donors (Lipinski definition) is 1. The SMILES string of the molecule is CNC(Cc1ccc(C)c(C)c1)Cc1ccccc1C. The molecule has 0 heterocycles. The molecule has 0 radical (unpaired) electrons. The zero-order chi connectivity index (χ0) is 14.5. The van der Waals surface area contributed by atoms with Crippen LogP contribution in [0.15, 0.2) is 42.5 Å². The summed E-state index contributed by atoms with van der Waals surface area (Å²) in [5.41, 5.74) is 6.99. The van der Waals surface area contributed by atoms with Crippen LogP contribution in [0.1, 0.15) is 27.8 Å². The fourth-order valence-electron chi connectivity index (χ4n) is 2.60. The maximum absolute atomic E-state index is 3.46. The lowest BCUT2D eigenvalue weighted by Gasteiger charge is -2.18. The van der Waals surface area contributed by atoms with Gasteiger partial charge in [-0.05, 0) is 68.5 Å². The van der Waals surface area contributed by atoms with Crippen molar-refractivity contribution in [3.8, 4) is 0 Å². The molecule has 2 aromatic carbocycles. The summed E-state index contributed by atoms with van der Waals surface area (Å²) in [6.07, 6.45) is 2.15. The third-order valence-corrected chi connectivity index (χ3v) is 4.19. The molecule has 1 nitrogen and oxygen atoms in total. The highest BCUT2D eigenvalue weighted by Crippen LogP contribution is 2.15. The molecular weight excluding hydrogens is 242 g/mol.